The van der Waals surface area contributed by atoms with E-state index in [0.29, 0.717) is 22.4 Å². The molecule has 3 amide bonds. The van der Waals surface area contributed by atoms with Gasteiger partial charge in [0, 0.05) is 11.3 Å². The van der Waals surface area contributed by atoms with Crippen molar-refractivity contribution < 1.29 is 19.2 Å². The number of aromatic nitrogens is 1. The molecular formula is C18H19N3O4S. The van der Waals surface area contributed by atoms with Gasteiger partial charge in [0.25, 0.3) is 5.91 Å². The van der Waals surface area contributed by atoms with E-state index in [4.69, 9.17) is 0 Å². The highest BCUT2D eigenvalue weighted by molar-refractivity contribution is 7.08. The number of nitrogens with one attached hydrogen (secondary N) is 2. The summed E-state index contributed by atoms with van der Waals surface area (Å²) in [5, 5.41) is 6.28. The molecule has 0 aromatic carbocycles. The molecular weight excluding hydrogens is 354 g/mol. The summed E-state index contributed by atoms with van der Waals surface area (Å²) in [7, 11) is 0. The van der Waals surface area contributed by atoms with Gasteiger partial charge in [-0.3, -0.25) is 19.3 Å². The summed E-state index contributed by atoms with van der Waals surface area (Å²) < 4.78 is 0. The van der Waals surface area contributed by atoms with Crippen LogP contribution in [0.4, 0.5) is 4.79 Å². The molecule has 1 saturated heterocycles. The van der Waals surface area contributed by atoms with Crippen molar-refractivity contribution in [1.29, 1.82) is 0 Å². The van der Waals surface area contributed by atoms with Crippen molar-refractivity contribution >= 4 is 34.8 Å². The van der Waals surface area contributed by atoms with Crippen LogP contribution in [0, 0.1) is 13.8 Å². The number of aromatic amines is 1. The highest BCUT2D eigenvalue weighted by atomic mass is 32.1. The van der Waals surface area contributed by atoms with E-state index < -0.39 is 23.3 Å². The Balaban J connectivity index is 1.87. The fraction of sp³-hybridized carbons (Fsp3) is 0.333. The Hall–Kier alpha value is -2.74. The van der Waals surface area contributed by atoms with Crippen molar-refractivity contribution in [1.82, 2.24) is 15.2 Å². The number of aryl methyl sites for hydroxylation is 1. The van der Waals surface area contributed by atoms with Crippen LogP contribution in [0.25, 0.3) is 0 Å². The third kappa shape index (κ3) is 2.66. The first kappa shape index (κ1) is 18.1. The first-order chi connectivity index (χ1) is 12.2. The first-order valence-electron chi connectivity index (χ1n) is 8.07. The Morgan fingerprint density at radius 3 is 2.50 bits per heavy atom. The number of Topliss-reactive ketones (excluding diaryl/α,β-unsaturated/α-hetero) is 2. The van der Waals surface area contributed by atoms with Crippen molar-refractivity contribution in [3.8, 4) is 0 Å². The van der Waals surface area contributed by atoms with E-state index in [1.165, 1.54) is 18.3 Å². The first-order valence-corrected chi connectivity index (χ1v) is 9.01. The van der Waals surface area contributed by atoms with Gasteiger partial charge >= 0.3 is 6.03 Å². The molecule has 0 radical (unpaired) electrons. The Labute approximate surface area is 154 Å². The summed E-state index contributed by atoms with van der Waals surface area (Å²) in [6, 6.07) is 1.16. The number of amides is 3. The minimum Gasteiger partial charge on any atom is -0.355 e. The lowest BCUT2D eigenvalue weighted by atomic mass is 9.95. The molecule has 26 heavy (non-hydrogen) atoms. The summed E-state index contributed by atoms with van der Waals surface area (Å²) in [4.78, 5) is 53.3. The fourth-order valence-electron chi connectivity index (χ4n) is 3.36. The topological polar surface area (TPSA) is 99.3 Å². The molecule has 136 valence electrons. The van der Waals surface area contributed by atoms with Crippen LogP contribution in [0.5, 0.6) is 0 Å². The number of carbonyl (C=O) groups excluding carboxylic acids is 4. The van der Waals surface area contributed by atoms with E-state index in [-0.39, 0.29) is 18.0 Å². The van der Waals surface area contributed by atoms with Gasteiger partial charge in [0.2, 0.25) is 0 Å². The molecule has 1 aliphatic rings. The van der Waals surface area contributed by atoms with Crippen molar-refractivity contribution in [3.63, 3.8) is 0 Å². The van der Waals surface area contributed by atoms with Crippen LogP contribution in [0.15, 0.2) is 16.8 Å². The SMILES string of the molecule is CC(=O)c1c(C)[nH]c(C(=O)CN2C(=O)NC(C)(c3ccsc3)C2=O)c1C. The molecule has 3 heterocycles. The average Bonchev–Trinajstić information content (AvgIpc) is 3.23. The van der Waals surface area contributed by atoms with Crippen LogP contribution in [-0.4, -0.2) is 39.9 Å². The second-order valence-corrected chi connectivity index (χ2v) is 7.34. The molecule has 0 saturated carbocycles. The molecule has 1 atom stereocenters. The molecule has 0 bridgehead atoms. The van der Waals surface area contributed by atoms with Crippen LogP contribution >= 0.6 is 11.3 Å². The predicted octanol–water partition coefficient (Wildman–Crippen LogP) is 2.55. The third-order valence-corrected chi connectivity index (χ3v) is 5.43. The van der Waals surface area contributed by atoms with Gasteiger partial charge in [0.1, 0.15) is 5.54 Å². The van der Waals surface area contributed by atoms with E-state index in [0.717, 1.165) is 4.90 Å². The number of imide groups is 1. The summed E-state index contributed by atoms with van der Waals surface area (Å²) in [6.45, 7) is 6.05. The maximum atomic E-state index is 12.8. The van der Waals surface area contributed by atoms with Crippen LogP contribution in [0.2, 0.25) is 0 Å². The van der Waals surface area contributed by atoms with Crippen LogP contribution in [-0.2, 0) is 10.3 Å². The van der Waals surface area contributed by atoms with Gasteiger partial charge in [-0.25, -0.2) is 4.79 Å². The Morgan fingerprint density at radius 1 is 1.27 bits per heavy atom. The number of nitrogens with zero attached hydrogens (tertiary/aromatic N) is 1. The van der Waals surface area contributed by atoms with Gasteiger partial charge in [-0.15, -0.1) is 0 Å². The third-order valence-electron chi connectivity index (χ3n) is 4.74. The molecule has 0 spiro atoms. The van der Waals surface area contributed by atoms with Crippen LogP contribution in [0.1, 0.15) is 51.5 Å². The minimum absolute atomic E-state index is 0.143. The predicted molar refractivity (Wildman–Crippen MR) is 96.5 cm³/mol. The summed E-state index contributed by atoms with van der Waals surface area (Å²) >= 11 is 1.42. The van der Waals surface area contributed by atoms with Crippen LogP contribution < -0.4 is 5.32 Å². The van der Waals surface area contributed by atoms with E-state index in [2.05, 4.69) is 10.3 Å². The summed E-state index contributed by atoms with van der Waals surface area (Å²) in [5.74, 6) is -1.03. The van der Waals surface area contributed by atoms with Gasteiger partial charge in [-0.2, -0.15) is 11.3 Å². The van der Waals surface area contributed by atoms with E-state index in [1.807, 2.05) is 5.38 Å². The molecule has 0 aliphatic carbocycles. The fourth-order valence-corrected chi connectivity index (χ4v) is 4.13. The number of H-pyrrole nitrogens is 1. The second kappa shape index (κ2) is 6.21. The number of hydrogen-bond donors (Lipinski definition) is 2. The van der Waals surface area contributed by atoms with Crippen molar-refractivity contribution in [2.24, 2.45) is 0 Å². The van der Waals surface area contributed by atoms with Crippen molar-refractivity contribution in [3.05, 3.63) is 44.9 Å². The zero-order valence-corrected chi connectivity index (χ0v) is 15.7. The number of urea groups is 1. The molecule has 3 rings (SSSR count). The number of rotatable bonds is 5. The molecule has 7 nitrogen and oxygen atoms in total. The molecule has 1 aliphatic heterocycles. The highest BCUT2D eigenvalue weighted by Gasteiger charge is 2.49. The number of carbonyl (C=O) groups is 4. The highest BCUT2D eigenvalue weighted by Crippen LogP contribution is 2.30. The van der Waals surface area contributed by atoms with Crippen LogP contribution in [0.3, 0.4) is 0 Å². The molecule has 8 heteroatoms. The van der Waals surface area contributed by atoms with Gasteiger partial charge in [0.05, 0.1) is 12.2 Å². The second-order valence-electron chi connectivity index (χ2n) is 6.56. The lowest BCUT2D eigenvalue weighted by molar-refractivity contribution is -0.130. The van der Waals surface area contributed by atoms with Gasteiger partial charge in [0.15, 0.2) is 11.6 Å². The van der Waals surface area contributed by atoms with Crippen molar-refractivity contribution in [2.75, 3.05) is 6.54 Å². The minimum atomic E-state index is -1.18. The number of thiophene rings is 1. The average molecular weight is 373 g/mol. The maximum Gasteiger partial charge on any atom is 0.325 e. The standard InChI is InChI=1S/C18H19N3O4S/c1-9-14(11(3)22)10(2)19-15(9)13(23)7-21-16(24)18(4,20-17(21)25)12-5-6-26-8-12/h5-6,8,19H,7H2,1-4H3,(H,20,25). The lowest BCUT2D eigenvalue weighted by Gasteiger charge is -2.20. The Kier molecular flexibility index (Phi) is 4.31. The molecule has 2 aromatic heterocycles. The Morgan fingerprint density at radius 2 is 1.96 bits per heavy atom. The summed E-state index contributed by atoms with van der Waals surface area (Å²) in [5.41, 5.74) is 1.35. The van der Waals surface area contributed by atoms with Crippen molar-refractivity contribution in [2.45, 2.75) is 33.2 Å². The molecule has 1 unspecified atom stereocenters. The van der Waals surface area contributed by atoms with Gasteiger partial charge in [-0.05, 0) is 55.6 Å². The summed E-state index contributed by atoms with van der Waals surface area (Å²) in [6.07, 6.45) is 0. The number of hydrogen-bond acceptors (Lipinski definition) is 5. The molecule has 1 fully saturated rings. The molecule has 2 N–H and O–H groups in total. The smallest absolute Gasteiger partial charge is 0.325 e. The zero-order chi connectivity index (χ0) is 19.2. The zero-order valence-electron chi connectivity index (χ0n) is 14.9. The monoisotopic (exact) mass is 373 g/mol. The quantitative estimate of drug-likeness (QED) is 0.621. The largest absolute Gasteiger partial charge is 0.355 e. The molecule has 2 aromatic rings. The lowest BCUT2D eigenvalue weighted by Crippen LogP contribution is -2.41. The van der Waals surface area contributed by atoms with E-state index >= 15 is 0 Å². The normalized spacial score (nSPS) is 19.8. The van der Waals surface area contributed by atoms with E-state index in [1.54, 1.807) is 32.2 Å². The van der Waals surface area contributed by atoms with Gasteiger partial charge < -0.3 is 10.3 Å². The van der Waals surface area contributed by atoms with E-state index in [9.17, 15) is 19.2 Å². The number of ketones is 2. The van der Waals surface area contributed by atoms with Gasteiger partial charge in [-0.1, -0.05) is 0 Å². The maximum absolute atomic E-state index is 12.8. The Bertz CT molecular complexity index is 929.